The fraction of sp³-hybridized carbons (Fsp3) is 0.286. The van der Waals surface area contributed by atoms with Crippen molar-refractivity contribution in [2.24, 2.45) is 0 Å². The Bertz CT molecular complexity index is 839. The van der Waals surface area contributed by atoms with Crippen molar-refractivity contribution in [3.05, 3.63) is 59.4 Å². The molecule has 0 unspecified atom stereocenters. The minimum atomic E-state index is -0.197. The van der Waals surface area contributed by atoms with Gasteiger partial charge in [-0.2, -0.15) is 11.8 Å². The normalized spacial score (nSPS) is 12.8. The van der Waals surface area contributed by atoms with Gasteiger partial charge in [-0.25, -0.2) is 4.39 Å². The van der Waals surface area contributed by atoms with Crippen LogP contribution >= 0.6 is 11.8 Å². The van der Waals surface area contributed by atoms with Crippen LogP contribution in [0.3, 0.4) is 0 Å². The predicted molar refractivity (Wildman–Crippen MR) is 109 cm³/mol. The second-order valence-electron chi connectivity index (χ2n) is 6.02. The monoisotopic (exact) mass is 403 g/mol. The van der Waals surface area contributed by atoms with Crippen LogP contribution in [-0.4, -0.2) is 38.5 Å². The van der Waals surface area contributed by atoms with Crippen LogP contribution in [0.4, 0.5) is 4.39 Å². The summed E-state index contributed by atoms with van der Waals surface area (Å²) in [6, 6.07) is 10.3. The largest absolute Gasteiger partial charge is 0.493 e. The Morgan fingerprint density at radius 3 is 2.93 bits per heavy atom. The quantitative estimate of drug-likeness (QED) is 0.538. The van der Waals surface area contributed by atoms with Gasteiger partial charge >= 0.3 is 0 Å². The standard InChI is InChI=1S/C21H22FNO4S/c1-25-18-12-15(13-19-21(18)27-10-9-26-19)6-7-20(24)23-8-11-28-14-16-4-2-3-5-17(16)22/h2-7,12-13H,8-11,14H2,1H3,(H,23,24)/b7-6+. The zero-order valence-electron chi connectivity index (χ0n) is 15.6. The molecule has 0 aliphatic carbocycles. The third-order valence-corrected chi connectivity index (χ3v) is 5.05. The van der Waals surface area contributed by atoms with Crippen molar-refractivity contribution in [1.82, 2.24) is 5.32 Å². The van der Waals surface area contributed by atoms with Crippen LogP contribution in [0.2, 0.25) is 0 Å². The lowest BCUT2D eigenvalue weighted by atomic mass is 10.1. The Morgan fingerprint density at radius 1 is 1.29 bits per heavy atom. The molecule has 0 bridgehead atoms. The molecular weight excluding hydrogens is 381 g/mol. The first-order valence-electron chi connectivity index (χ1n) is 8.92. The van der Waals surface area contributed by atoms with Crippen molar-refractivity contribution in [2.45, 2.75) is 5.75 Å². The number of nitrogens with one attached hydrogen (secondary N) is 1. The smallest absolute Gasteiger partial charge is 0.244 e. The van der Waals surface area contributed by atoms with Gasteiger partial charge in [-0.1, -0.05) is 18.2 Å². The highest BCUT2D eigenvalue weighted by Crippen LogP contribution is 2.40. The zero-order chi connectivity index (χ0) is 19.8. The number of carbonyl (C=O) groups excluding carboxylic acids is 1. The first-order valence-corrected chi connectivity index (χ1v) is 10.1. The fourth-order valence-corrected chi connectivity index (χ4v) is 3.51. The Hall–Kier alpha value is -2.67. The Labute approximate surface area is 167 Å². The van der Waals surface area contributed by atoms with Gasteiger partial charge in [0.2, 0.25) is 11.7 Å². The fourth-order valence-electron chi connectivity index (χ4n) is 2.66. The van der Waals surface area contributed by atoms with E-state index in [0.717, 1.165) is 5.56 Å². The SMILES string of the molecule is COc1cc(/C=C/C(=O)NCCSCc2ccccc2F)cc2c1OCCO2. The number of fused-ring (bicyclic) bond motifs is 1. The van der Waals surface area contributed by atoms with Crippen molar-refractivity contribution < 1.29 is 23.4 Å². The number of methoxy groups -OCH3 is 1. The van der Waals surface area contributed by atoms with Gasteiger partial charge in [0.1, 0.15) is 19.0 Å². The van der Waals surface area contributed by atoms with E-state index in [4.69, 9.17) is 14.2 Å². The van der Waals surface area contributed by atoms with E-state index in [-0.39, 0.29) is 11.7 Å². The summed E-state index contributed by atoms with van der Waals surface area (Å²) in [6.45, 7) is 1.47. The van der Waals surface area contributed by atoms with Crippen molar-refractivity contribution in [3.63, 3.8) is 0 Å². The first kappa shape index (κ1) is 20.1. The summed E-state index contributed by atoms with van der Waals surface area (Å²) in [7, 11) is 1.56. The lowest BCUT2D eigenvalue weighted by molar-refractivity contribution is -0.116. The molecule has 0 atom stereocenters. The molecule has 1 N–H and O–H groups in total. The third-order valence-electron chi connectivity index (χ3n) is 4.04. The summed E-state index contributed by atoms with van der Waals surface area (Å²) in [5.74, 6) is 2.65. The van der Waals surface area contributed by atoms with Gasteiger partial charge in [0.15, 0.2) is 11.5 Å². The van der Waals surface area contributed by atoms with Gasteiger partial charge in [0.05, 0.1) is 7.11 Å². The maximum atomic E-state index is 13.5. The van der Waals surface area contributed by atoms with Gasteiger partial charge in [0.25, 0.3) is 0 Å². The van der Waals surface area contributed by atoms with Crippen LogP contribution in [-0.2, 0) is 10.5 Å². The summed E-state index contributed by atoms with van der Waals surface area (Å²) in [5, 5.41) is 2.82. The van der Waals surface area contributed by atoms with Crippen molar-refractivity contribution in [1.29, 1.82) is 0 Å². The van der Waals surface area contributed by atoms with Gasteiger partial charge in [0, 0.05) is 24.1 Å². The van der Waals surface area contributed by atoms with Crippen LogP contribution in [0.1, 0.15) is 11.1 Å². The number of benzene rings is 2. The van der Waals surface area contributed by atoms with E-state index in [1.807, 2.05) is 12.1 Å². The van der Waals surface area contributed by atoms with E-state index in [1.165, 1.54) is 12.1 Å². The van der Waals surface area contributed by atoms with Crippen LogP contribution in [0, 0.1) is 5.82 Å². The predicted octanol–water partition coefficient (Wildman–Crippen LogP) is 3.67. The highest BCUT2D eigenvalue weighted by molar-refractivity contribution is 7.98. The molecule has 0 radical (unpaired) electrons. The average molecular weight is 403 g/mol. The molecule has 0 saturated carbocycles. The van der Waals surface area contributed by atoms with Gasteiger partial charge in [-0.15, -0.1) is 0 Å². The number of carbonyl (C=O) groups is 1. The van der Waals surface area contributed by atoms with Crippen LogP contribution in [0.5, 0.6) is 17.2 Å². The molecule has 28 heavy (non-hydrogen) atoms. The number of hydrogen-bond donors (Lipinski definition) is 1. The summed E-state index contributed by atoms with van der Waals surface area (Å²) in [6.07, 6.45) is 3.16. The number of thioether (sulfide) groups is 1. The number of hydrogen-bond acceptors (Lipinski definition) is 5. The molecule has 1 aliphatic heterocycles. The van der Waals surface area contributed by atoms with E-state index >= 15 is 0 Å². The molecule has 2 aromatic carbocycles. The molecule has 1 aliphatic rings. The molecule has 0 fully saturated rings. The number of halogens is 1. The number of ether oxygens (including phenoxy) is 3. The molecule has 0 spiro atoms. The third kappa shape index (κ3) is 5.42. The Kier molecular flexibility index (Phi) is 7.19. The van der Waals surface area contributed by atoms with Crippen LogP contribution < -0.4 is 19.5 Å². The lowest BCUT2D eigenvalue weighted by Crippen LogP contribution is -2.23. The van der Waals surface area contributed by atoms with E-state index in [2.05, 4.69) is 5.32 Å². The molecule has 1 amide bonds. The van der Waals surface area contributed by atoms with Crippen molar-refractivity contribution in [3.8, 4) is 17.2 Å². The molecule has 1 heterocycles. The molecule has 2 aromatic rings. The second kappa shape index (κ2) is 10.0. The molecule has 5 nitrogen and oxygen atoms in total. The summed E-state index contributed by atoms with van der Waals surface area (Å²) in [4.78, 5) is 12.0. The minimum Gasteiger partial charge on any atom is -0.493 e. The Morgan fingerprint density at radius 2 is 2.11 bits per heavy atom. The molecule has 0 aromatic heterocycles. The summed E-state index contributed by atoms with van der Waals surface area (Å²) < 4.78 is 30.0. The maximum absolute atomic E-state index is 13.5. The van der Waals surface area contributed by atoms with Crippen LogP contribution in [0.25, 0.3) is 6.08 Å². The molecule has 7 heteroatoms. The summed E-state index contributed by atoms with van der Waals surface area (Å²) >= 11 is 1.57. The van der Waals surface area contributed by atoms with Gasteiger partial charge in [-0.05, 0) is 35.4 Å². The topological polar surface area (TPSA) is 56.8 Å². The van der Waals surface area contributed by atoms with Gasteiger partial charge < -0.3 is 19.5 Å². The first-order chi connectivity index (χ1) is 13.7. The molecular formula is C21H22FNO4S. The van der Waals surface area contributed by atoms with Crippen molar-refractivity contribution >= 4 is 23.7 Å². The number of rotatable bonds is 8. The zero-order valence-corrected chi connectivity index (χ0v) is 16.4. The van der Waals surface area contributed by atoms with E-state index in [9.17, 15) is 9.18 Å². The Balaban J connectivity index is 1.46. The lowest BCUT2D eigenvalue weighted by Gasteiger charge is -2.20. The number of amides is 1. The van der Waals surface area contributed by atoms with Gasteiger partial charge in [-0.3, -0.25) is 4.79 Å². The van der Waals surface area contributed by atoms with E-state index in [1.54, 1.807) is 43.1 Å². The summed E-state index contributed by atoms with van der Waals surface area (Å²) in [5.41, 5.74) is 1.46. The van der Waals surface area contributed by atoms with Crippen molar-refractivity contribution in [2.75, 3.05) is 32.6 Å². The van der Waals surface area contributed by atoms with E-state index < -0.39 is 0 Å². The highest BCUT2D eigenvalue weighted by Gasteiger charge is 2.17. The van der Waals surface area contributed by atoms with Crippen LogP contribution in [0.15, 0.2) is 42.5 Å². The van der Waals surface area contributed by atoms with E-state index in [0.29, 0.717) is 54.1 Å². The molecule has 148 valence electrons. The highest BCUT2D eigenvalue weighted by atomic mass is 32.2. The molecule has 0 saturated heterocycles. The second-order valence-corrected chi connectivity index (χ2v) is 7.12. The average Bonchev–Trinajstić information content (AvgIpc) is 2.72. The minimum absolute atomic E-state index is 0.194. The maximum Gasteiger partial charge on any atom is 0.244 e. The molecule has 3 rings (SSSR count).